The fourth-order valence-corrected chi connectivity index (χ4v) is 3.29. The van der Waals surface area contributed by atoms with Crippen molar-refractivity contribution in [1.82, 2.24) is 4.57 Å². The fourth-order valence-electron chi connectivity index (χ4n) is 3.29. The number of nitrogens with two attached hydrogens (primary N) is 1. The number of hydrogen-bond donors (Lipinski definition) is 1. The maximum atomic E-state index is 13.1. The zero-order valence-corrected chi connectivity index (χ0v) is 18.3. The highest BCUT2D eigenvalue weighted by atomic mass is 19.4. The van der Waals surface area contributed by atoms with Crippen molar-refractivity contribution in [1.29, 1.82) is 5.26 Å². The van der Waals surface area contributed by atoms with Crippen LogP contribution < -0.4 is 10.5 Å². The van der Waals surface area contributed by atoms with Crippen LogP contribution in [0, 0.1) is 11.3 Å². The first-order valence-corrected chi connectivity index (χ1v) is 9.68. The predicted octanol–water partition coefficient (Wildman–Crippen LogP) is 4.82. The van der Waals surface area contributed by atoms with Gasteiger partial charge in [0.25, 0.3) is 0 Å². The average molecular weight is 475 g/mol. The summed E-state index contributed by atoms with van der Waals surface area (Å²) >= 11 is 0. The van der Waals surface area contributed by atoms with Crippen molar-refractivity contribution in [3.63, 3.8) is 0 Å². The van der Waals surface area contributed by atoms with E-state index in [0.717, 1.165) is 12.1 Å². The third kappa shape index (κ3) is 4.83. The summed E-state index contributed by atoms with van der Waals surface area (Å²) in [6.45, 7) is 0. The molecular formula is C23H20F3N3O5. The molecular weight excluding hydrogens is 455 g/mol. The number of benzene rings is 2. The van der Waals surface area contributed by atoms with Crippen LogP contribution in [-0.2, 0) is 20.4 Å². The average Bonchev–Trinajstić information content (AvgIpc) is 3.16. The van der Waals surface area contributed by atoms with E-state index in [1.165, 1.54) is 62.4 Å². The molecule has 0 radical (unpaired) electrons. The van der Waals surface area contributed by atoms with Crippen molar-refractivity contribution in [2.24, 2.45) is 0 Å². The maximum absolute atomic E-state index is 13.1. The van der Waals surface area contributed by atoms with Gasteiger partial charge in [-0.15, -0.1) is 0 Å². The Bertz CT molecular complexity index is 1240. The van der Waals surface area contributed by atoms with Gasteiger partial charge in [-0.2, -0.15) is 18.4 Å². The Morgan fingerprint density at radius 1 is 1.12 bits per heavy atom. The molecule has 0 spiro atoms. The summed E-state index contributed by atoms with van der Waals surface area (Å²) in [6, 6.07) is 10.8. The highest BCUT2D eigenvalue weighted by Crippen LogP contribution is 2.37. The van der Waals surface area contributed by atoms with Crippen molar-refractivity contribution in [2.75, 3.05) is 27.1 Å². The quantitative estimate of drug-likeness (QED) is 0.385. The molecule has 34 heavy (non-hydrogen) atoms. The lowest BCUT2D eigenvalue weighted by Gasteiger charge is -2.20. The van der Waals surface area contributed by atoms with E-state index in [4.69, 9.17) is 24.7 Å². The number of anilines is 1. The first-order chi connectivity index (χ1) is 16.1. The van der Waals surface area contributed by atoms with Crippen molar-refractivity contribution in [3.8, 4) is 23.3 Å². The summed E-state index contributed by atoms with van der Waals surface area (Å²) in [4.78, 5) is 12.3. The number of ether oxygens (including phenoxy) is 4. The van der Waals surface area contributed by atoms with Crippen LogP contribution >= 0.6 is 0 Å². The van der Waals surface area contributed by atoms with Crippen molar-refractivity contribution in [2.45, 2.75) is 12.5 Å². The van der Waals surface area contributed by atoms with Gasteiger partial charge in [0, 0.05) is 26.1 Å². The van der Waals surface area contributed by atoms with E-state index in [1.807, 2.05) is 6.07 Å². The van der Waals surface area contributed by atoms with Crippen LogP contribution in [0.25, 0.3) is 5.69 Å². The van der Waals surface area contributed by atoms with Gasteiger partial charge >= 0.3 is 12.1 Å². The summed E-state index contributed by atoms with van der Waals surface area (Å²) < 4.78 is 61.8. The maximum Gasteiger partial charge on any atom is 0.416 e. The van der Waals surface area contributed by atoms with Gasteiger partial charge < -0.3 is 29.2 Å². The molecule has 0 unspecified atom stereocenters. The standard InChI is InChI=1S/C23H20F3N3O5/c1-31-21(30)20-19(28)13(11-27)12-29(20)15-7-8-18(17(10-15)22(32-2)33-3)34-16-6-4-5-14(9-16)23(24,25)26/h4-10,12,22H,28H2,1-3H3. The van der Waals surface area contributed by atoms with Crippen molar-refractivity contribution < 1.29 is 36.9 Å². The normalized spacial score (nSPS) is 11.4. The number of nitrogens with zero attached hydrogens (tertiary/aromatic N) is 2. The van der Waals surface area contributed by atoms with Gasteiger partial charge in [-0.05, 0) is 36.4 Å². The van der Waals surface area contributed by atoms with E-state index < -0.39 is 24.0 Å². The molecule has 11 heteroatoms. The highest BCUT2D eigenvalue weighted by Gasteiger charge is 2.31. The third-order valence-electron chi connectivity index (χ3n) is 4.89. The molecule has 0 aliphatic carbocycles. The molecule has 8 nitrogen and oxygen atoms in total. The number of methoxy groups -OCH3 is 3. The number of halogens is 3. The van der Waals surface area contributed by atoms with Crippen LogP contribution in [-0.4, -0.2) is 31.9 Å². The minimum Gasteiger partial charge on any atom is -0.464 e. The number of nitrogen functional groups attached to an aromatic ring is 1. The number of carbonyl (C=O) groups excluding carboxylic acids is 1. The van der Waals surface area contributed by atoms with Crippen LogP contribution in [0.3, 0.4) is 0 Å². The summed E-state index contributed by atoms with van der Waals surface area (Å²) in [6.07, 6.45) is -4.14. The van der Waals surface area contributed by atoms with Crippen LogP contribution in [0.4, 0.5) is 18.9 Å². The number of rotatable bonds is 7. The van der Waals surface area contributed by atoms with Gasteiger partial charge in [-0.1, -0.05) is 6.07 Å². The number of esters is 1. The molecule has 0 saturated carbocycles. The van der Waals surface area contributed by atoms with Gasteiger partial charge in [0.1, 0.15) is 17.6 Å². The van der Waals surface area contributed by atoms with Gasteiger partial charge in [0.05, 0.1) is 29.5 Å². The fraction of sp³-hybridized carbons (Fsp3) is 0.217. The summed E-state index contributed by atoms with van der Waals surface area (Å²) in [5.74, 6) is -0.668. The van der Waals surface area contributed by atoms with Crippen molar-refractivity contribution >= 4 is 11.7 Å². The highest BCUT2D eigenvalue weighted by molar-refractivity contribution is 5.96. The van der Waals surface area contributed by atoms with E-state index >= 15 is 0 Å². The van der Waals surface area contributed by atoms with E-state index in [0.29, 0.717) is 11.3 Å². The number of carbonyl (C=O) groups is 1. The topological polar surface area (TPSA) is 109 Å². The van der Waals surface area contributed by atoms with Crippen molar-refractivity contribution in [3.05, 3.63) is 71.0 Å². The van der Waals surface area contributed by atoms with E-state index in [1.54, 1.807) is 0 Å². The van der Waals surface area contributed by atoms with Gasteiger partial charge in [0.15, 0.2) is 12.0 Å². The van der Waals surface area contributed by atoms with Crippen LogP contribution in [0.2, 0.25) is 0 Å². The van der Waals surface area contributed by atoms with E-state index in [-0.39, 0.29) is 28.4 Å². The Labute approximate surface area is 192 Å². The first kappa shape index (κ1) is 24.6. The zero-order valence-electron chi connectivity index (χ0n) is 18.3. The van der Waals surface area contributed by atoms with Crippen LogP contribution in [0.1, 0.15) is 33.5 Å². The molecule has 2 aromatic carbocycles. The number of alkyl halides is 3. The second-order valence-corrected chi connectivity index (χ2v) is 6.93. The number of hydrogen-bond acceptors (Lipinski definition) is 7. The largest absolute Gasteiger partial charge is 0.464 e. The lowest BCUT2D eigenvalue weighted by atomic mass is 10.1. The Morgan fingerprint density at radius 2 is 1.82 bits per heavy atom. The second kappa shape index (κ2) is 9.86. The molecule has 0 fully saturated rings. The lowest BCUT2D eigenvalue weighted by molar-refractivity contribution is -0.137. The monoisotopic (exact) mass is 475 g/mol. The molecule has 1 aromatic heterocycles. The number of aromatic nitrogens is 1. The van der Waals surface area contributed by atoms with E-state index in [9.17, 15) is 23.2 Å². The van der Waals surface area contributed by atoms with Gasteiger partial charge in [-0.25, -0.2) is 4.79 Å². The molecule has 3 rings (SSSR count). The molecule has 0 aliphatic rings. The summed E-state index contributed by atoms with van der Waals surface area (Å²) in [5.41, 5.74) is 5.69. The van der Waals surface area contributed by atoms with Crippen LogP contribution in [0.15, 0.2) is 48.7 Å². The molecule has 0 amide bonds. The Kier molecular flexibility index (Phi) is 7.14. The molecule has 178 valence electrons. The first-order valence-electron chi connectivity index (χ1n) is 9.68. The smallest absolute Gasteiger partial charge is 0.416 e. The van der Waals surface area contributed by atoms with Gasteiger partial charge in [0.2, 0.25) is 0 Å². The van der Waals surface area contributed by atoms with Crippen LogP contribution in [0.5, 0.6) is 11.5 Å². The summed E-state index contributed by atoms with van der Waals surface area (Å²) in [5, 5.41) is 9.33. The Balaban J connectivity index is 2.13. The lowest BCUT2D eigenvalue weighted by Crippen LogP contribution is -2.12. The Morgan fingerprint density at radius 3 is 2.41 bits per heavy atom. The predicted molar refractivity (Wildman–Crippen MR) is 115 cm³/mol. The molecule has 0 bridgehead atoms. The Hall–Kier alpha value is -4.01. The minimum atomic E-state index is -4.54. The molecule has 1 heterocycles. The number of nitriles is 1. The second-order valence-electron chi connectivity index (χ2n) is 6.93. The molecule has 0 saturated heterocycles. The molecule has 2 N–H and O–H groups in total. The zero-order chi connectivity index (χ0) is 25.0. The third-order valence-corrected chi connectivity index (χ3v) is 4.89. The minimum absolute atomic E-state index is 0.0537. The SMILES string of the molecule is COC(=O)c1c(N)c(C#N)cn1-c1ccc(Oc2cccc(C(F)(F)F)c2)c(C(OC)OC)c1. The molecule has 0 atom stereocenters. The van der Waals surface area contributed by atoms with Gasteiger partial charge in [-0.3, -0.25) is 0 Å². The molecule has 3 aromatic rings. The summed E-state index contributed by atoms with van der Waals surface area (Å²) in [7, 11) is 3.92. The van der Waals surface area contributed by atoms with E-state index in [2.05, 4.69) is 0 Å². The molecule has 0 aliphatic heterocycles.